The van der Waals surface area contributed by atoms with Crippen molar-refractivity contribution in [2.24, 2.45) is 0 Å². The number of nitrogens with one attached hydrogen (secondary N) is 1. The summed E-state index contributed by atoms with van der Waals surface area (Å²) in [5.41, 5.74) is -0.0101. The summed E-state index contributed by atoms with van der Waals surface area (Å²) < 4.78 is 5.99. The van der Waals surface area contributed by atoms with Crippen LogP contribution < -0.4 is 5.32 Å². The first-order valence-corrected chi connectivity index (χ1v) is 5.19. The number of ether oxygens (including phenoxy) is 1. The molecule has 0 aromatic heterocycles. The van der Waals surface area contributed by atoms with Crippen LogP contribution >= 0.6 is 0 Å². The zero-order valence-electron chi connectivity index (χ0n) is 9.77. The van der Waals surface area contributed by atoms with Gasteiger partial charge in [0.05, 0.1) is 11.2 Å². The van der Waals surface area contributed by atoms with E-state index >= 15 is 0 Å². The van der Waals surface area contributed by atoms with Crippen molar-refractivity contribution in [3.05, 3.63) is 0 Å². The third-order valence-corrected chi connectivity index (χ3v) is 2.61. The molecule has 0 amide bonds. The van der Waals surface area contributed by atoms with Crippen LogP contribution in [0.5, 0.6) is 0 Å². The van der Waals surface area contributed by atoms with Gasteiger partial charge in [-0.3, -0.25) is 0 Å². The van der Waals surface area contributed by atoms with Crippen LogP contribution in [0.4, 0.5) is 0 Å². The summed E-state index contributed by atoms with van der Waals surface area (Å²) in [6, 6.07) is 1.00. The van der Waals surface area contributed by atoms with Gasteiger partial charge in [0.25, 0.3) is 0 Å². The fraction of sp³-hybridized carbons (Fsp3) is 1.00. The Kier molecular flexibility index (Phi) is 2.75. The Morgan fingerprint density at radius 3 is 2.08 bits per heavy atom. The summed E-state index contributed by atoms with van der Waals surface area (Å²) in [6.45, 7) is 13.0. The molecule has 0 radical (unpaired) electrons. The normalized spacial score (nSPS) is 31.2. The molecule has 2 nitrogen and oxygen atoms in total. The van der Waals surface area contributed by atoms with Crippen molar-refractivity contribution < 1.29 is 4.74 Å². The van der Waals surface area contributed by atoms with Crippen LogP contribution in [0.2, 0.25) is 0 Å². The van der Waals surface area contributed by atoms with Crippen molar-refractivity contribution in [1.82, 2.24) is 5.32 Å². The average molecular weight is 185 g/mol. The predicted octanol–water partition coefficient (Wildman–Crippen LogP) is 2.33. The van der Waals surface area contributed by atoms with E-state index in [1.165, 1.54) is 0 Å². The summed E-state index contributed by atoms with van der Waals surface area (Å²) in [5, 5.41) is 3.56. The summed E-state index contributed by atoms with van der Waals surface area (Å²) in [5.74, 6) is 0. The van der Waals surface area contributed by atoms with Crippen LogP contribution in [0.1, 0.15) is 48.0 Å². The molecule has 1 heterocycles. The standard InChI is InChI=1S/C11H23NO/c1-8(2)12-9-7-10(3,4)13-11(9,5)6/h8-9,12H,7H2,1-6H3/t9-/m0/s1. The van der Waals surface area contributed by atoms with Gasteiger partial charge in [-0.15, -0.1) is 0 Å². The van der Waals surface area contributed by atoms with Gasteiger partial charge in [-0.25, -0.2) is 0 Å². The Morgan fingerprint density at radius 1 is 1.23 bits per heavy atom. The van der Waals surface area contributed by atoms with Crippen LogP contribution in [0.15, 0.2) is 0 Å². The molecule has 78 valence electrons. The molecule has 1 saturated heterocycles. The van der Waals surface area contributed by atoms with Crippen molar-refractivity contribution >= 4 is 0 Å². The van der Waals surface area contributed by atoms with Crippen molar-refractivity contribution in [2.45, 2.75) is 71.2 Å². The third-order valence-electron chi connectivity index (χ3n) is 2.61. The van der Waals surface area contributed by atoms with E-state index < -0.39 is 0 Å². The highest BCUT2D eigenvalue weighted by Gasteiger charge is 2.45. The first kappa shape index (κ1) is 11.0. The SMILES string of the molecule is CC(C)N[C@H]1CC(C)(C)OC1(C)C. The Hall–Kier alpha value is -0.0800. The summed E-state index contributed by atoms with van der Waals surface area (Å²) in [6.07, 6.45) is 1.10. The highest BCUT2D eigenvalue weighted by atomic mass is 16.5. The Bertz CT molecular complexity index is 185. The van der Waals surface area contributed by atoms with Crippen molar-refractivity contribution in [3.63, 3.8) is 0 Å². The van der Waals surface area contributed by atoms with Gasteiger partial charge in [0.2, 0.25) is 0 Å². The topological polar surface area (TPSA) is 21.3 Å². The van der Waals surface area contributed by atoms with E-state index in [-0.39, 0.29) is 11.2 Å². The van der Waals surface area contributed by atoms with Gasteiger partial charge in [0, 0.05) is 12.1 Å². The van der Waals surface area contributed by atoms with Gasteiger partial charge in [-0.2, -0.15) is 0 Å². The van der Waals surface area contributed by atoms with E-state index in [9.17, 15) is 0 Å². The second kappa shape index (κ2) is 3.25. The van der Waals surface area contributed by atoms with Gasteiger partial charge in [-0.05, 0) is 34.1 Å². The Labute approximate surface area is 82.0 Å². The molecule has 13 heavy (non-hydrogen) atoms. The summed E-state index contributed by atoms with van der Waals surface area (Å²) in [7, 11) is 0. The van der Waals surface area contributed by atoms with E-state index in [1.807, 2.05) is 0 Å². The van der Waals surface area contributed by atoms with Gasteiger partial charge in [0.1, 0.15) is 0 Å². The minimum absolute atomic E-state index is 0.0239. The maximum absolute atomic E-state index is 5.99. The lowest BCUT2D eigenvalue weighted by atomic mass is 9.94. The number of hydrogen-bond donors (Lipinski definition) is 1. The van der Waals surface area contributed by atoms with Gasteiger partial charge >= 0.3 is 0 Å². The van der Waals surface area contributed by atoms with Crippen LogP contribution in [0.25, 0.3) is 0 Å². The first-order valence-electron chi connectivity index (χ1n) is 5.19. The van der Waals surface area contributed by atoms with Crippen LogP contribution in [0.3, 0.4) is 0 Å². The number of rotatable bonds is 2. The molecule has 0 unspecified atom stereocenters. The van der Waals surface area contributed by atoms with E-state index in [0.29, 0.717) is 12.1 Å². The van der Waals surface area contributed by atoms with Crippen molar-refractivity contribution in [3.8, 4) is 0 Å². The first-order chi connectivity index (χ1) is 5.73. The highest BCUT2D eigenvalue weighted by Crippen LogP contribution is 2.37. The maximum Gasteiger partial charge on any atom is 0.0787 e. The molecule has 0 saturated carbocycles. The fourth-order valence-corrected chi connectivity index (χ4v) is 2.22. The smallest absolute Gasteiger partial charge is 0.0787 e. The molecule has 1 fully saturated rings. The molecular weight excluding hydrogens is 162 g/mol. The van der Waals surface area contributed by atoms with Crippen LogP contribution in [-0.4, -0.2) is 23.3 Å². The second-order valence-electron chi connectivity index (χ2n) is 5.54. The highest BCUT2D eigenvalue weighted by molar-refractivity contribution is 4.99. The quantitative estimate of drug-likeness (QED) is 0.713. The van der Waals surface area contributed by atoms with Gasteiger partial charge < -0.3 is 10.1 Å². The minimum atomic E-state index is -0.0340. The lowest BCUT2D eigenvalue weighted by Crippen LogP contribution is -2.46. The molecule has 0 aromatic carbocycles. The molecular formula is C11H23NO. The maximum atomic E-state index is 5.99. The Balaban J connectivity index is 2.65. The third kappa shape index (κ3) is 2.68. The Morgan fingerprint density at radius 2 is 1.77 bits per heavy atom. The largest absolute Gasteiger partial charge is 0.368 e. The molecule has 1 aliphatic heterocycles. The second-order valence-corrected chi connectivity index (χ2v) is 5.54. The predicted molar refractivity (Wildman–Crippen MR) is 55.9 cm³/mol. The van der Waals surface area contributed by atoms with Crippen molar-refractivity contribution in [1.29, 1.82) is 0 Å². The molecule has 0 spiro atoms. The zero-order valence-corrected chi connectivity index (χ0v) is 9.77. The molecule has 0 bridgehead atoms. The van der Waals surface area contributed by atoms with Gasteiger partial charge in [0.15, 0.2) is 0 Å². The number of hydrogen-bond acceptors (Lipinski definition) is 2. The molecule has 1 rings (SSSR count). The van der Waals surface area contributed by atoms with E-state index in [1.54, 1.807) is 0 Å². The summed E-state index contributed by atoms with van der Waals surface area (Å²) in [4.78, 5) is 0. The zero-order chi connectivity index (χ0) is 10.3. The van der Waals surface area contributed by atoms with Crippen LogP contribution in [-0.2, 0) is 4.74 Å². The van der Waals surface area contributed by atoms with E-state index in [2.05, 4.69) is 46.9 Å². The molecule has 1 atom stereocenters. The van der Waals surface area contributed by atoms with Gasteiger partial charge in [-0.1, -0.05) is 13.8 Å². The fourth-order valence-electron chi connectivity index (χ4n) is 2.22. The van der Waals surface area contributed by atoms with E-state index in [4.69, 9.17) is 4.74 Å². The summed E-state index contributed by atoms with van der Waals surface area (Å²) >= 11 is 0. The lowest BCUT2D eigenvalue weighted by molar-refractivity contribution is -0.0702. The lowest BCUT2D eigenvalue weighted by Gasteiger charge is -2.29. The van der Waals surface area contributed by atoms with Crippen molar-refractivity contribution in [2.75, 3.05) is 0 Å². The van der Waals surface area contributed by atoms with E-state index in [0.717, 1.165) is 6.42 Å². The molecule has 0 aromatic rings. The molecule has 2 heteroatoms. The molecule has 1 N–H and O–H groups in total. The minimum Gasteiger partial charge on any atom is -0.368 e. The van der Waals surface area contributed by atoms with Crippen LogP contribution in [0, 0.1) is 0 Å². The average Bonchev–Trinajstić information content (AvgIpc) is 1.98. The molecule has 1 aliphatic rings. The molecule has 0 aliphatic carbocycles. The monoisotopic (exact) mass is 185 g/mol.